The Labute approximate surface area is 225 Å². The van der Waals surface area contributed by atoms with E-state index in [9.17, 15) is 0 Å². The van der Waals surface area contributed by atoms with Crippen molar-refractivity contribution in [2.75, 3.05) is 72.7 Å². The van der Waals surface area contributed by atoms with Crippen molar-refractivity contribution in [2.45, 2.75) is 45.6 Å². The van der Waals surface area contributed by atoms with Crippen LogP contribution in [0.1, 0.15) is 40.5 Å². The number of rotatable bonds is 21. The van der Waals surface area contributed by atoms with Gasteiger partial charge in [-0.25, -0.2) is 0 Å². The van der Waals surface area contributed by atoms with Crippen LogP contribution in [0.15, 0.2) is 60.7 Å². The van der Waals surface area contributed by atoms with Gasteiger partial charge in [-0.15, -0.1) is 0 Å². The number of unbranched alkanes of at least 4 members (excludes halogenated alkanes) is 1. The minimum absolute atomic E-state index is 0.0354. The summed E-state index contributed by atoms with van der Waals surface area (Å²) in [5.41, 5.74) is 0. The van der Waals surface area contributed by atoms with Gasteiger partial charge in [0, 0.05) is 6.61 Å². The van der Waals surface area contributed by atoms with Crippen LogP contribution < -0.4 is 10.4 Å². The van der Waals surface area contributed by atoms with Gasteiger partial charge in [-0.05, 0) is 21.8 Å². The van der Waals surface area contributed by atoms with Gasteiger partial charge in [0.1, 0.15) is 0 Å². The molecule has 0 spiro atoms. The van der Waals surface area contributed by atoms with Crippen molar-refractivity contribution < 1.29 is 28.1 Å². The van der Waals surface area contributed by atoms with Crippen LogP contribution in [0, 0.1) is 0 Å². The zero-order valence-electron chi connectivity index (χ0n) is 23.4. The van der Waals surface area contributed by atoms with E-state index in [0.29, 0.717) is 66.1 Å². The molecule has 2 aromatic carbocycles. The van der Waals surface area contributed by atoms with Crippen LogP contribution in [0.2, 0.25) is 5.04 Å². The Morgan fingerprint density at radius 3 is 1.22 bits per heavy atom. The van der Waals surface area contributed by atoms with Crippen molar-refractivity contribution >= 4 is 18.7 Å². The van der Waals surface area contributed by atoms with Crippen molar-refractivity contribution in [3.8, 4) is 0 Å². The fourth-order valence-corrected chi connectivity index (χ4v) is 8.79. The lowest BCUT2D eigenvalue weighted by Crippen LogP contribution is -2.66. The molecule has 2 aromatic rings. The highest BCUT2D eigenvalue weighted by Crippen LogP contribution is 2.36. The van der Waals surface area contributed by atoms with Crippen LogP contribution in [0.5, 0.6) is 0 Å². The molecule has 0 aliphatic carbocycles. The predicted molar refractivity (Wildman–Crippen MR) is 153 cm³/mol. The van der Waals surface area contributed by atoms with Crippen molar-refractivity contribution in [1.82, 2.24) is 0 Å². The molecule has 0 aliphatic heterocycles. The SMILES string of the molecule is CCCCOCCOCCOCCOCCOCCO[Si](c1ccccc1)(c1ccccc1)C(C)(C)C. The fraction of sp³-hybridized carbons (Fsp3) is 0.600. The lowest BCUT2D eigenvalue weighted by molar-refractivity contribution is -0.0130. The van der Waals surface area contributed by atoms with Gasteiger partial charge in [0.25, 0.3) is 8.32 Å². The van der Waals surface area contributed by atoms with E-state index in [-0.39, 0.29) is 5.04 Å². The van der Waals surface area contributed by atoms with E-state index in [4.69, 9.17) is 28.1 Å². The molecule has 0 atom stereocenters. The molecule has 0 fully saturated rings. The summed E-state index contributed by atoms with van der Waals surface area (Å²) < 4.78 is 34.7. The maximum absolute atomic E-state index is 6.82. The molecule has 0 amide bonds. The molecular weight excluding hydrogens is 484 g/mol. The number of benzene rings is 2. The predicted octanol–water partition coefficient (Wildman–Crippen LogP) is 4.45. The number of hydrogen-bond acceptors (Lipinski definition) is 6. The average molecular weight is 533 g/mol. The second kappa shape index (κ2) is 18.6. The first-order chi connectivity index (χ1) is 18.0. The summed E-state index contributed by atoms with van der Waals surface area (Å²) in [7, 11) is -2.50. The maximum atomic E-state index is 6.82. The summed E-state index contributed by atoms with van der Waals surface area (Å²) >= 11 is 0. The van der Waals surface area contributed by atoms with Crippen molar-refractivity contribution in [2.24, 2.45) is 0 Å². The molecule has 7 heteroatoms. The van der Waals surface area contributed by atoms with Crippen molar-refractivity contribution in [1.29, 1.82) is 0 Å². The van der Waals surface area contributed by atoms with Crippen LogP contribution in [0.25, 0.3) is 0 Å². The molecule has 0 unspecified atom stereocenters. The molecule has 2 rings (SSSR count). The first-order valence-electron chi connectivity index (χ1n) is 13.7. The van der Waals surface area contributed by atoms with E-state index in [1.165, 1.54) is 10.4 Å². The van der Waals surface area contributed by atoms with Gasteiger partial charge >= 0.3 is 0 Å². The molecule has 0 N–H and O–H groups in total. The van der Waals surface area contributed by atoms with Crippen molar-refractivity contribution in [3.63, 3.8) is 0 Å². The summed E-state index contributed by atoms with van der Waals surface area (Å²) in [5, 5.41) is 2.53. The third kappa shape index (κ3) is 11.4. The summed E-state index contributed by atoms with van der Waals surface area (Å²) in [5.74, 6) is 0. The Bertz CT molecular complexity index is 757. The minimum Gasteiger partial charge on any atom is -0.405 e. The molecule has 6 nitrogen and oxygen atoms in total. The van der Waals surface area contributed by atoms with Crippen molar-refractivity contribution in [3.05, 3.63) is 60.7 Å². The Morgan fingerprint density at radius 2 is 0.865 bits per heavy atom. The van der Waals surface area contributed by atoms with Gasteiger partial charge in [-0.1, -0.05) is 94.8 Å². The fourth-order valence-electron chi connectivity index (χ4n) is 4.24. The number of ether oxygens (including phenoxy) is 5. The highest BCUT2D eigenvalue weighted by Gasteiger charge is 2.49. The Balaban J connectivity index is 1.61. The molecule has 37 heavy (non-hydrogen) atoms. The second-order valence-electron chi connectivity index (χ2n) is 9.93. The molecule has 0 heterocycles. The lowest BCUT2D eigenvalue weighted by Gasteiger charge is -2.43. The Morgan fingerprint density at radius 1 is 0.514 bits per heavy atom. The summed E-state index contributed by atoms with van der Waals surface area (Å²) in [6.07, 6.45) is 2.25. The van der Waals surface area contributed by atoms with E-state index in [1.807, 2.05) is 0 Å². The molecule has 0 radical (unpaired) electrons. The first kappa shape index (κ1) is 31.6. The monoisotopic (exact) mass is 532 g/mol. The van der Waals surface area contributed by atoms with Gasteiger partial charge in [0.2, 0.25) is 0 Å². The van der Waals surface area contributed by atoms with Gasteiger partial charge in [0.05, 0.1) is 66.1 Å². The standard InChI is InChI=1S/C30H48O6Si/c1-5-6-17-31-18-19-32-20-21-33-22-23-34-24-25-35-26-27-36-37(30(2,3)4,28-13-9-7-10-14-28)29-15-11-8-12-16-29/h7-16H,5-6,17-27H2,1-4H3. The normalized spacial score (nSPS) is 12.2. The van der Waals surface area contributed by atoms with Gasteiger partial charge < -0.3 is 28.1 Å². The van der Waals surface area contributed by atoms with E-state index >= 15 is 0 Å². The molecule has 208 valence electrons. The average Bonchev–Trinajstić information content (AvgIpc) is 2.90. The highest BCUT2D eigenvalue weighted by molar-refractivity contribution is 6.99. The van der Waals surface area contributed by atoms with E-state index in [1.54, 1.807) is 0 Å². The summed E-state index contributed by atoms with van der Waals surface area (Å²) in [6, 6.07) is 21.3. The van der Waals surface area contributed by atoms with Crippen LogP contribution in [0.3, 0.4) is 0 Å². The van der Waals surface area contributed by atoms with Gasteiger partial charge in [-0.2, -0.15) is 0 Å². The second-order valence-corrected chi connectivity index (χ2v) is 14.2. The molecule has 0 saturated carbocycles. The molecular formula is C30H48O6Si. The third-order valence-corrected chi connectivity index (χ3v) is 11.1. The zero-order valence-corrected chi connectivity index (χ0v) is 24.4. The van der Waals surface area contributed by atoms with Gasteiger partial charge in [-0.3, -0.25) is 0 Å². The lowest BCUT2D eigenvalue weighted by atomic mass is 10.2. The largest absolute Gasteiger partial charge is 0.405 e. The molecule has 0 saturated heterocycles. The quantitative estimate of drug-likeness (QED) is 0.175. The Hall–Kier alpha value is -1.58. The summed E-state index contributed by atoms with van der Waals surface area (Å²) in [4.78, 5) is 0. The Kier molecular flexibility index (Phi) is 15.9. The summed E-state index contributed by atoms with van der Waals surface area (Å²) in [6.45, 7) is 15.4. The van der Waals surface area contributed by atoms with E-state index in [2.05, 4.69) is 88.4 Å². The minimum atomic E-state index is -2.50. The van der Waals surface area contributed by atoms with Crippen LogP contribution >= 0.6 is 0 Å². The third-order valence-electron chi connectivity index (χ3n) is 6.09. The number of hydrogen-bond donors (Lipinski definition) is 0. The van der Waals surface area contributed by atoms with E-state index in [0.717, 1.165) is 19.4 Å². The zero-order chi connectivity index (χ0) is 26.7. The molecule has 0 aliphatic rings. The maximum Gasteiger partial charge on any atom is 0.261 e. The van der Waals surface area contributed by atoms with Crippen LogP contribution in [-0.2, 0) is 28.1 Å². The topological polar surface area (TPSA) is 55.4 Å². The molecule has 0 aromatic heterocycles. The van der Waals surface area contributed by atoms with E-state index < -0.39 is 8.32 Å². The smallest absolute Gasteiger partial charge is 0.261 e. The highest BCUT2D eigenvalue weighted by atomic mass is 28.4. The first-order valence-corrected chi connectivity index (χ1v) is 15.6. The van der Waals surface area contributed by atoms with Crippen LogP contribution in [0.4, 0.5) is 0 Å². The molecule has 0 bridgehead atoms. The van der Waals surface area contributed by atoms with Gasteiger partial charge in [0.15, 0.2) is 0 Å². The van der Waals surface area contributed by atoms with Crippen LogP contribution in [-0.4, -0.2) is 81.0 Å².